The first kappa shape index (κ1) is 28.0. The molecule has 36 heavy (non-hydrogen) atoms. The van der Waals surface area contributed by atoms with E-state index in [2.05, 4.69) is 56.9 Å². The molecule has 4 heterocycles. The van der Waals surface area contributed by atoms with E-state index >= 15 is 0 Å². The van der Waals surface area contributed by atoms with Crippen molar-refractivity contribution in [1.29, 1.82) is 0 Å². The number of fused-ring (bicyclic) bond motifs is 4. The van der Waals surface area contributed by atoms with Crippen molar-refractivity contribution in [3.63, 3.8) is 0 Å². The summed E-state index contributed by atoms with van der Waals surface area (Å²) in [6, 6.07) is 8.76. The number of aromatic nitrogens is 4. The van der Waals surface area contributed by atoms with Gasteiger partial charge in [-0.2, -0.15) is 0 Å². The third-order valence-corrected chi connectivity index (χ3v) is 7.77. The molecule has 0 amide bonds. The van der Waals surface area contributed by atoms with Gasteiger partial charge in [0.1, 0.15) is 4.83 Å². The fourth-order valence-electron chi connectivity index (χ4n) is 4.80. The van der Waals surface area contributed by atoms with Crippen LogP contribution in [0.15, 0.2) is 41.7 Å². The second-order valence-electron chi connectivity index (χ2n) is 8.77. The van der Waals surface area contributed by atoms with E-state index in [4.69, 9.17) is 0 Å². The third kappa shape index (κ3) is 6.05. The number of benzene rings is 1. The SMILES string of the molecule is CC.CC.CCC(CC[NH2+]CCn1cnc2sc3c(c2c1=O)CCN(C)C3)n1cnc2ccccc21. The van der Waals surface area contributed by atoms with E-state index in [1.807, 2.05) is 40.1 Å². The third-order valence-electron chi connectivity index (χ3n) is 6.64. The normalized spacial score (nSPS) is 14.1. The molecule has 196 valence electrons. The number of likely N-dealkylation sites (N-methyl/N-ethyl adjacent to an activating group) is 1. The Balaban J connectivity index is 0.000000861. The summed E-state index contributed by atoms with van der Waals surface area (Å²) in [4.78, 5) is 26.8. The zero-order chi connectivity index (χ0) is 26.1. The van der Waals surface area contributed by atoms with E-state index in [0.717, 1.165) is 61.2 Å². The highest BCUT2D eigenvalue weighted by Crippen LogP contribution is 2.31. The molecule has 0 radical (unpaired) electrons. The molecule has 1 unspecified atom stereocenters. The highest BCUT2D eigenvalue weighted by molar-refractivity contribution is 7.18. The lowest BCUT2D eigenvalue weighted by atomic mass is 10.1. The van der Waals surface area contributed by atoms with Gasteiger partial charge in [-0.25, -0.2) is 9.97 Å². The Bertz CT molecular complexity index is 1290. The standard InChI is InChI=1S/C24H30N6OS.2C2H6/c1-3-17(30-16-26-19-6-4-5-7-20(19)30)8-10-25-11-13-29-15-27-23-22(24(29)31)18-9-12-28(2)14-21(18)32-23;2*1-2/h4-7,15-17,25H,3,8-14H2,1-2H3;2*1-2H3/p+1. The van der Waals surface area contributed by atoms with Crippen molar-refractivity contribution in [2.45, 2.75) is 73.0 Å². The van der Waals surface area contributed by atoms with Gasteiger partial charge < -0.3 is 14.8 Å². The largest absolute Gasteiger partial charge is 0.345 e. The van der Waals surface area contributed by atoms with Crippen LogP contribution in [0.1, 0.15) is 63.9 Å². The van der Waals surface area contributed by atoms with Gasteiger partial charge in [0, 0.05) is 30.4 Å². The molecular weight excluding hydrogens is 468 g/mol. The van der Waals surface area contributed by atoms with E-state index in [9.17, 15) is 4.79 Å². The molecule has 1 aliphatic heterocycles. The molecular formula is C28H43N6OS+. The number of hydrogen-bond acceptors (Lipinski definition) is 5. The smallest absolute Gasteiger partial charge is 0.262 e. The van der Waals surface area contributed by atoms with E-state index in [1.165, 1.54) is 16.0 Å². The minimum atomic E-state index is 0.127. The lowest BCUT2D eigenvalue weighted by Gasteiger charge is -2.21. The molecule has 3 aromatic heterocycles. The maximum absolute atomic E-state index is 13.1. The minimum Gasteiger partial charge on any atom is -0.345 e. The molecule has 0 fully saturated rings. The number of rotatable bonds is 8. The first-order valence-corrected chi connectivity index (χ1v) is 14.4. The molecule has 0 bridgehead atoms. The van der Waals surface area contributed by atoms with Crippen LogP contribution in [0.3, 0.4) is 0 Å². The summed E-state index contributed by atoms with van der Waals surface area (Å²) < 4.78 is 4.10. The number of thiophene rings is 1. The van der Waals surface area contributed by atoms with Crippen molar-refractivity contribution in [3.8, 4) is 0 Å². The van der Waals surface area contributed by atoms with Crippen molar-refractivity contribution < 1.29 is 5.32 Å². The Kier molecular flexibility index (Phi) is 10.6. The van der Waals surface area contributed by atoms with Crippen LogP contribution in [0, 0.1) is 0 Å². The predicted octanol–water partition coefficient (Wildman–Crippen LogP) is 4.45. The van der Waals surface area contributed by atoms with Crippen molar-refractivity contribution in [3.05, 3.63) is 57.7 Å². The summed E-state index contributed by atoms with van der Waals surface area (Å²) in [7, 11) is 2.13. The van der Waals surface area contributed by atoms with Crippen LogP contribution in [-0.4, -0.2) is 50.7 Å². The molecule has 0 spiro atoms. The Morgan fingerprint density at radius 2 is 1.86 bits per heavy atom. The van der Waals surface area contributed by atoms with Gasteiger partial charge in [-0.15, -0.1) is 11.3 Å². The average molecular weight is 512 g/mol. The minimum absolute atomic E-state index is 0.127. The van der Waals surface area contributed by atoms with Gasteiger partial charge in [-0.05, 0) is 37.6 Å². The van der Waals surface area contributed by atoms with E-state index < -0.39 is 0 Å². The first-order chi connectivity index (χ1) is 17.7. The number of nitrogens with zero attached hydrogens (tertiary/aromatic N) is 5. The van der Waals surface area contributed by atoms with Gasteiger partial charge in [0.2, 0.25) is 0 Å². The lowest BCUT2D eigenvalue weighted by Crippen LogP contribution is -2.85. The van der Waals surface area contributed by atoms with Crippen molar-refractivity contribution in [2.75, 3.05) is 26.7 Å². The summed E-state index contributed by atoms with van der Waals surface area (Å²) in [6.07, 6.45) is 6.80. The number of nitrogens with two attached hydrogens (primary N) is 1. The fourth-order valence-corrected chi connectivity index (χ4v) is 6.06. The summed E-state index contributed by atoms with van der Waals surface area (Å²) in [5, 5.41) is 3.18. The van der Waals surface area contributed by atoms with Gasteiger partial charge in [0.15, 0.2) is 0 Å². The van der Waals surface area contributed by atoms with Gasteiger partial charge in [-0.1, -0.05) is 46.8 Å². The van der Waals surface area contributed by atoms with Crippen LogP contribution in [0.5, 0.6) is 0 Å². The van der Waals surface area contributed by atoms with Gasteiger partial charge in [0.05, 0.1) is 48.7 Å². The Labute approximate surface area is 219 Å². The summed E-state index contributed by atoms with van der Waals surface area (Å²) in [6.45, 7) is 14.8. The Morgan fingerprint density at radius 3 is 2.64 bits per heavy atom. The molecule has 0 aliphatic carbocycles. The molecule has 0 saturated heterocycles. The Hall–Kier alpha value is -2.55. The number of quaternary nitrogens is 1. The molecule has 5 rings (SSSR count). The predicted molar refractivity (Wildman–Crippen MR) is 152 cm³/mol. The number of para-hydroxylation sites is 2. The monoisotopic (exact) mass is 511 g/mol. The van der Waals surface area contributed by atoms with E-state index in [-0.39, 0.29) is 5.56 Å². The van der Waals surface area contributed by atoms with E-state index in [0.29, 0.717) is 12.6 Å². The van der Waals surface area contributed by atoms with Crippen LogP contribution >= 0.6 is 11.3 Å². The molecule has 4 aromatic rings. The summed E-state index contributed by atoms with van der Waals surface area (Å²) in [5.41, 5.74) is 3.62. The zero-order valence-corrected chi connectivity index (χ0v) is 23.6. The molecule has 1 aromatic carbocycles. The molecule has 1 atom stereocenters. The van der Waals surface area contributed by atoms with Gasteiger partial charge in [-0.3, -0.25) is 9.36 Å². The Morgan fingerprint density at radius 1 is 1.08 bits per heavy atom. The van der Waals surface area contributed by atoms with Gasteiger partial charge in [0.25, 0.3) is 5.56 Å². The molecule has 8 heteroatoms. The zero-order valence-electron chi connectivity index (χ0n) is 22.8. The first-order valence-electron chi connectivity index (χ1n) is 13.6. The van der Waals surface area contributed by atoms with Crippen LogP contribution in [0.25, 0.3) is 21.3 Å². The highest BCUT2D eigenvalue weighted by atomic mass is 32.1. The van der Waals surface area contributed by atoms with Gasteiger partial charge >= 0.3 is 0 Å². The van der Waals surface area contributed by atoms with E-state index in [1.54, 1.807) is 22.2 Å². The second kappa shape index (κ2) is 13.7. The topological polar surface area (TPSA) is 72.6 Å². The van der Waals surface area contributed by atoms with Crippen molar-refractivity contribution in [2.24, 2.45) is 0 Å². The molecule has 2 N–H and O–H groups in total. The van der Waals surface area contributed by atoms with Crippen LogP contribution in [0.2, 0.25) is 0 Å². The van der Waals surface area contributed by atoms with Crippen molar-refractivity contribution in [1.82, 2.24) is 24.0 Å². The summed E-state index contributed by atoms with van der Waals surface area (Å²) in [5.74, 6) is 0. The highest BCUT2D eigenvalue weighted by Gasteiger charge is 2.22. The van der Waals surface area contributed by atoms with Crippen molar-refractivity contribution >= 4 is 32.6 Å². The number of hydrogen-bond donors (Lipinski definition) is 1. The van der Waals surface area contributed by atoms with Crippen LogP contribution in [-0.2, 0) is 19.5 Å². The molecule has 1 aliphatic rings. The van der Waals surface area contributed by atoms with Crippen LogP contribution < -0.4 is 10.9 Å². The quantitative estimate of drug-likeness (QED) is 0.355. The lowest BCUT2D eigenvalue weighted by molar-refractivity contribution is -0.656. The molecule has 7 nitrogen and oxygen atoms in total. The number of imidazole rings is 1. The maximum atomic E-state index is 13.1. The average Bonchev–Trinajstić information content (AvgIpc) is 3.51. The fraction of sp³-hybridized carbons (Fsp3) is 0.536. The summed E-state index contributed by atoms with van der Waals surface area (Å²) >= 11 is 1.68. The van der Waals surface area contributed by atoms with Crippen LogP contribution in [0.4, 0.5) is 0 Å². The maximum Gasteiger partial charge on any atom is 0.262 e. The second-order valence-corrected chi connectivity index (χ2v) is 9.86. The molecule has 0 saturated carbocycles.